The van der Waals surface area contributed by atoms with E-state index in [1.807, 2.05) is 37.3 Å². The van der Waals surface area contributed by atoms with Crippen molar-refractivity contribution in [3.63, 3.8) is 0 Å². The van der Waals surface area contributed by atoms with Crippen molar-refractivity contribution in [2.45, 2.75) is 38.6 Å². The maximum absolute atomic E-state index is 12.3. The molecule has 1 aliphatic heterocycles. The quantitative estimate of drug-likeness (QED) is 0.877. The van der Waals surface area contributed by atoms with Crippen LogP contribution in [0, 0.1) is 0 Å². The lowest BCUT2D eigenvalue weighted by Gasteiger charge is -2.19. The Hall–Kier alpha value is -2.21. The average molecular weight is 341 g/mol. The predicted molar refractivity (Wildman–Crippen MR) is 97.5 cm³/mol. The second kappa shape index (κ2) is 8.76. The van der Waals surface area contributed by atoms with Crippen molar-refractivity contribution in [3.8, 4) is 0 Å². The zero-order valence-electron chi connectivity index (χ0n) is 14.9. The van der Waals surface area contributed by atoms with Crippen LogP contribution in [0.4, 0.5) is 0 Å². The van der Waals surface area contributed by atoms with E-state index in [0.717, 1.165) is 25.2 Å². The Balaban J connectivity index is 1.50. The lowest BCUT2D eigenvalue weighted by atomic mass is 10.1. The molecule has 2 aromatic rings. The summed E-state index contributed by atoms with van der Waals surface area (Å²) in [7, 11) is 0. The molecule has 0 spiro atoms. The van der Waals surface area contributed by atoms with Crippen LogP contribution in [-0.4, -0.2) is 52.0 Å². The van der Waals surface area contributed by atoms with Crippen LogP contribution in [0.25, 0.3) is 0 Å². The van der Waals surface area contributed by atoms with Gasteiger partial charge in [0.05, 0.1) is 12.2 Å². The Bertz CT molecular complexity index is 661. The van der Waals surface area contributed by atoms with Crippen molar-refractivity contribution < 1.29 is 4.79 Å². The molecule has 1 aromatic heterocycles. The van der Waals surface area contributed by atoms with E-state index in [1.165, 1.54) is 25.7 Å². The molecule has 1 aliphatic rings. The lowest BCUT2D eigenvalue weighted by Crippen LogP contribution is -2.35. The van der Waals surface area contributed by atoms with E-state index in [1.54, 1.807) is 10.9 Å². The van der Waals surface area contributed by atoms with Crippen molar-refractivity contribution in [2.75, 3.05) is 26.2 Å². The van der Waals surface area contributed by atoms with E-state index in [-0.39, 0.29) is 11.9 Å². The van der Waals surface area contributed by atoms with Gasteiger partial charge in [-0.3, -0.25) is 4.79 Å². The lowest BCUT2D eigenvalue weighted by molar-refractivity contribution is 0.0943. The second-order valence-corrected chi connectivity index (χ2v) is 6.68. The second-order valence-electron chi connectivity index (χ2n) is 6.68. The van der Waals surface area contributed by atoms with Gasteiger partial charge in [-0.05, 0) is 38.4 Å². The molecule has 1 N–H and O–H groups in total. The van der Waals surface area contributed by atoms with E-state index in [0.29, 0.717) is 12.2 Å². The van der Waals surface area contributed by atoms with Crippen molar-refractivity contribution in [1.82, 2.24) is 25.2 Å². The van der Waals surface area contributed by atoms with E-state index in [2.05, 4.69) is 20.5 Å². The third-order valence-electron chi connectivity index (χ3n) is 4.83. The molecule has 2 heterocycles. The van der Waals surface area contributed by atoms with Crippen molar-refractivity contribution >= 4 is 5.91 Å². The van der Waals surface area contributed by atoms with Crippen molar-refractivity contribution in [1.29, 1.82) is 0 Å². The third-order valence-corrected chi connectivity index (χ3v) is 4.83. The van der Waals surface area contributed by atoms with E-state index in [4.69, 9.17) is 0 Å². The fraction of sp³-hybridized carbons (Fsp3) is 0.526. The van der Waals surface area contributed by atoms with E-state index < -0.39 is 0 Å². The molecule has 1 aromatic carbocycles. The minimum Gasteiger partial charge on any atom is -0.349 e. The summed E-state index contributed by atoms with van der Waals surface area (Å²) in [5.41, 5.74) is 1.51. The normalized spacial score (nSPS) is 17.0. The van der Waals surface area contributed by atoms with Crippen LogP contribution in [0.2, 0.25) is 0 Å². The van der Waals surface area contributed by atoms with Gasteiger partial charge in [0.2, 0.25) is 0 Å². The minimum atomic E-state index is -0.152. The molecule has 1 fully saturated rings. The van der Waals surface area contributed by atoms with Gasteiger partial charge < -0.3 is 10.2 Å². The summed E-state index contributed by atoms with van der Waals surface area (Å²) in [5, 5.41) is 11.1. The zero-order chi connectivity index (χ0) is 17.5. The molecule has 6 nitrogen and oxygen atoms in total. The number of nitrogens with zero attached hydrogens (tertiary/aromatic N) is 4. The van der Waals surface area contributed by atoms with Crippen LogP contribution in [0.15, 0.2) is 36.5 Å². The van der Waals surface area contributed by atoms with Gasteiger partial charge in [-0.15, -0.1) is 5.10 Å². The molecule has 1 atom stereocenters. The van der Waals surface area contributed by atoms with Crippen LogP contribution >= 0.6 is 0 Å². The molecular weight excluding hydrogens is 314 g/mol. The first kappa shape index (κ1) is 17.6. The molecule has 1 saturated heterocycles. The topological polar surface area (TPSA) is 63.1 Å². The molecule has 25 heavy (non-hydrogen) atoms. The molecule has 0 saturated carbocycles. The molecule has 134 valence electrons. The Morgan fingerprint density at radius 2 is 1.88 bits per heavy atom. The molecule has 3 rings (SSSR count). The van der Waals surface area contributed by atoms with Gasteiger partial charge in [0.15, 0.2) is 5.69 Å². The Kier molecular flexibility index (Phi) is 6.17. The molecule has 0 bridgehead atoms. The first-order valence-electron chi connectivity index (χ1n) is 9.21. The summed E-state index contributed by atoms with van der Waals surface area (Å²) in [6.45, 7) is 5.88. The average Bonchev–Trinajstić information content (AvgIpc) is 3.00. The SMILES string of the molecule is C[C@H](c1ccccc1)n1cc(C(=O)NCCN2CCCCCC2)nn1. The predicted octanol–water partition coefficient (Wildman–Crippen LogP) is 2.49. The number of hydrogen-bond donors (Lipinski definition) is 1. The smallest absolute Gasteiger partial charge is 0.273 e. The molecule has 0 unspecified atom stereocenters. The number of likely N-dealkylation sites (tertiary alicyclic amines) is 1. The van der Waals surface area contributed by atoms with Gasteiger partial charge >= 0.3 is 0 Å². The number of nitrogens with one attached hydrogen (secondary N) is 1. The molecule has 6 heteroatoms. The minimum absolute atomic E-state index is 0.0485. The Morgan fingerprint density at radius 3 is 2.60 bits per heavy atom. The van der Waals surface area contributed by atoms with Crippen molar-refractivity contribution in [2.24, 2.45) is 0 Å². The number of aromatic nitrogens is 3. The number of hydrogen-bond acceptors (Lipinski definition) is 4. The molecular formula is C19H27N5O. The number of carbonyl (C=O) groups excluding carboxylic acids is 1. The van der Waals surface area contributed by atoms with Crippen LogP contribution in [0.5, 0.6) is 0 Å². The Morgan fingerprint density at radius 1 is 1.16 bits per heavy atom. The van der Waals surface area contributed by atoms with Gasteiger partial charge in [-0.1, -0.05) is 48.4 Å². The Labute approximate surface area is 149 Å². The standard InChI is InChI=1S/C19H27N5O/c1-16(17-9-5-4-6-10-17)24-15-18(21-22-24)19(25)20-11-14-23-12-7-2-3-8-13-23/h4-6,9-10,15-16H,2-3,7-8,11-14H2,1H3,(H,20,25)/t16-/m1/s1. The summed E-state index contributed by atoms with van der Waals surface area (Å²) < 4.78 is 1.74. The maximum atomic E-state index is 12.3. The monoisotopic (exact) mass is 341 g/mol. The highest BCUT2D eigenvalue weighted by Gasteiger charge is 2.15. The van der Waals surface area contributed by atoms with Crippen LogP contribution in [0.3, 0.4) is 0 Å². The molecule has 1 amide bonds. The van der Waals surface area contributed by atoms with Crippen molar-refractivity contribution in [3.05, 3.63) is 47.8 Å². The van der Waals surface area contributed by atoms with E-state index >= 15 is 0 Å². The molecule has 0 aliphatic carbocycles. The summed E-state index contributed by atoms with van der Waals surface area (Å²) in [6, 6.07) is 10.1. The number of benzene rings is 1. The highest BCUT2D eigenvalue weighted by atomic mass is 16.2. The fourth-order valence-electron chi connectivity index (χ4n) is 3.23. The first-order chi connectivity index (χ1) is 12.2. The zero-order valence-corrected chi connectivity index (χ0v) is 14.9. The summed E-state index contributed by atoms with van der Waals surface area (Å²) in [4.78, 5) is 14.7. The summed E-state index contributed by atoms with van der Waals surface area (Å²) >= 11 is 0. The highest BCUT2D eigenvalue weighted by Crippen LogP contribution is 2.16. The van der Waals surface area contributed by atoms with Gasteiger partial charge in [0.1, 0.15) is 0 Å². The van der Waals surface area contributed by atoms with E-state index in [9.17, 15) is 4.79 Å². The largest absolute Gasteiger partial charge is 0.349 e. The maximum Gasteiger partial charge on any atom is 0.273 e. The number of carbonyl (C=O) groups is 1. The number of amides is 1. The van der Waals surface area contributed by atoms with Gasteiger partial charge in [-0.25, -0.2) is 4.68 Å². The van der Waals surface area contributed by atoms with Crippen LogP contribution < -0.4 is 5.32 Å². The third kappa shape index (κ3) is 4.89. The fourth-order valence-corrected chi connectivity index (χ4v) is 3.23. The van der Waals surface area contributed by atoms with Gasteiger partial charge in [0, 0.05) is 13.1 Å². The first-order valence-corrected chi connectivity index (χ1v) is 9.21. The molecule has 0 radical (unpaired) electrons. The summed E-state index contributed by atoms with van der Waals surface area (Å²) in [5.74, 6) is -0.152. The summed E-state index contributed by atoms with van der Waals surface area (Å²) in [6.07, 6.45) is 6.90. The van der Waals surface area contributed by atoms with Crippen LogP contribution in [-0.2, 0) is 0 Å². The van der Waals surface area contributed by atoms with Gasteiger partial charge in [0.25, 0.3) is 5.91 Å². The van der Waals surface area contributed by atoms with Crippen LogP contribution in [0.1, 0.15) is 54.7 Å². The number of rotatable bonds is 6. The van der Waals surface area contributed by atoms with Gasteiger partial charge in [-0.2, -0.15) is 0 Å². The highest BCUT2D eigenvalue weighted by molar-refractivity contribution is 5.91.